The summed E-state index contributed by atoms with van der Waals surface area (Å²) in [4.78, 5) is 31.2. The van der Waals surface area contributed by atoms with Crippen LogP contribution >= 0.6 is 0 Å². The quantitative estimate of drug-likeness (QED) is 0.725. The van der Waals surface area contributed by atoms with E-state index in [1.807, 2.05) is 24.3 Å². The van der Waals surface area contributed by atoms with Gasteiger partial charge in [0.25, 0.3) is 11.8 Å². The second-order valence-corrected chi connectivity index (χ2v) is 6.65. The summed E-state index contributed by atoms with van der Waals surface area (Å²) >= 11 is 0. The second kappa shape index (κ2) is 7.79. The molecule has 1 aliphatic heterocycles. The average Bonchev–Trinajstić information content (AvgIpc) is 2.75. The summed E-state index contributed by atoms with van der Waals surface area (Å²) in [6.45, 7) is 0.550. The van der Waals surface area contributed by atoms with Crippen LogP contribution in [0, 0.1) is 11.6 Å². The van der Waals surface area contributed by atoms with Crippen LogP contribution in [-0.4, -0.2) is 23.3 Å². The van der Waals surface area contributed by atoms with Crippen LogP contribution in [-0.2, 0) is 6.42 Å². The van der Waals surface area contributed by atoms with Crippen LogP contribution in [0.1, 0.15) is 33.0 Å². The van der Waals surface area contributed by atoms with Crippen molar-refractivity contribution in [3.63, 3.8) is 0 Å². The number of para-hydroxylation sites is 2. The van der Waals surface area contributed by atoms with E-state index in [-0.39, 0.29) is 17.3 Å². The molecule has 0 unspecified atom stereocenters. The molecule has 0 saturated carbocycles. The van der Waals surface area contributed by atoms with E-state index in [2.05, 4.69) is 10.3 Å². The number of pyridine rings is 1. The maximum atomic E-state index is 13.8. The number of carbonyl (C=O) groups excluding carboxylic acids is 2. The van der Waals surface area contributed by atoms with Gasteiger partial charge in [-0.15, -0.1) is 0 Å². The number of nitrogens with zero attached hydrogens (tertiary/aromatic N) is 2. The van der Waals surface area contributed by atoms with Crippen molar-refractivity contribution in [2.24, 2.45) is 0 Å². The number of hydrogen-bond donors (Lipinski definition) is 1. The fourth-order valence-electron chi connectivity index (χ4n) is 3.36. The topological polar surface area (TPSA) is 62.3 Å². The number of benzene rings is 2. The van der Waals surface area contributed by atoms with Crippen molar-refractivity contribution in [1.29, 1.82) is 0 Å². The van der Waals surface area contributed by atoms with Gasteiger partial charge in [0.1, 0.15) is 28.7 Å². The predicted molar refractivity (Wildman–Crippen MR) is 105 cm³/mol. The first-order valence-electron chi connectivity index (χ1n) is 9.17. The zero-order valence-electron chi connectivity index (χ0n) is 15.4. The molecule has 0 aliphatic carbocycles. The van der Waals surface area contributed by atoms with Crippen LogP contribution in [0.15, 0.2) is 60.7 Å². The van der Waals surface area contributed by atoms with Gasteiger partial charge in [0.05, 0.1) is 0 Å². The minimum atomic E-state index is -0.893. The van der Waals surface area contributed by atoms with E-state index in [1.165, 1.54) is 24.3 Å². The number of anilines is 2. The number of aryl methyl sites for hydroxylation is 1. The molecule has 0 fully saturated rings. The van der Waals surface area contributed by atoms with Gasteiger partial charge in [-0.3, -0.25) is 9.59 Å². The Balaban J connectivity index is 1.59. The predicted octanol–water partition coefficient (Wildman–Crippen LogP) is 4.21. The summed E-state index contributed by atoms with van der Waals surface area (Å²) in [5.74, 6) is -2.92. The zero-order valence-corrected chi connectivity index (χ0v) is 15.4. The number of rotatable bonds is 3. The molecule has 0 radical (unpaired) electrons. The van der Waals surface area contributed by atoms with Crippen molar-refractivity contribution in [3.05, 3.63) is 89.2 Å². The molecular weight excluding hydrogens is 376 g/mol. The molecule has 7 heteroatoms. The molecule has 146 valence electrons. The second-order valence-electron chi connectivity index (χ2n) is 6.65. The Morgan fingerprint density at radius 3 is 2.38 bits per heavy atom. The molecule has 2 aromatic carbocycles. The lowest BCUT2D eigenvalue weighted by Gasteiger charge is -2.29. The Morgan fingerprint density at radius 1 is 0.897 bits per heavy atom. The maximum absolute atomic E-state index is 13.8. The first-order valence-corrected chi connectivity index (χ1v) is 9.17. The van der Waals surface area contributed by atoms with Gasteiger partial charge in [0.2, 0.25) is 0 Å². The van der Waals surface area contributed by atoms with Gasteiger partial charge in [-0.2, -0.15) is 0 Å². The van der Waals surface area contributed by atoms with Gasteiger partial charge in [-0.05, 0) is 48.7 Å². The molecule has 0 atom stereocenters. The molecule has 2 heterocycles. The van der Waals surface area contributed by atoms with Crippen molar-refractivity contribution in [3.8, 4) is 0 Å². The summed E-state index contributed by atoms with van der Waals surface area (Å²) in [7, 11) is 0. The van der Waals surface area contributed by atoms with E-state index in [9.17, 15) is 18.4 Å². The van der Waals surface area contributed by atoms with Gasteiger partial charge >= 0.3 is 0 Å². The molecule has 3 aromatic rings. The lowest BCUT2D eigenvalue weighted by atomic mass is 10.0. The minimum absolute atomic E-state index is 0.0864. The SMILES string of the molecule is O=C(Nc1c(F)cccc1F)c1cccc(C(=O)N2CCCc3ccccc32)n1. The third-order valence-corrected chi connectivity index (χ3v) is 4.76. The van der Waals surface area contributed by atoms with Gasteiger partial charge in [-0.25, -0.2) is 13.8 Å². The Bertz CT molecular complexity index is 1080. The van der Waals surface area contributed by atoms with Gasteiger partial charge < -0.3 is 10.2 Å². The molecule has 1 aromatic heterocycles. The van der Waals surface area contributed by atoms with E-state index >= 15 is 0 Å². The molecule has 1 aliphatic rings. The van der Waals surface area contributed by atoms with Gasteiger partial charge in [0, 0.05) is 12.2 Å². The Morgan fingerprint density at radius 2 is 1.59 bits per heavy atom. The summed E-state index contributed by atoms with van der Waals surface area (Å²) in [5.41, 5.74) is 1.33. The Hall–Kier alpha value is -3.61. The lowest BCUT2D eigenvalue weighted by Crippen LogP contribution is -2.36. The number of nitrogens with one attached hydrogen (secondary N) is 1. The van der Waals surface area contributed by atoms with Crippen molar-refractivity contribution in [2.45, 2.75) is 12.8 Å². The molecule has 2 amide bonds. The smallest absolute Gasteiger partial charge is 0.276 e. The summed E-state index contributed by atoms with van der Waals surface area (Å²) in [6.07, 6.45) is 1.72. The first-order chi connectivity index (χ1) is 14.0. The monoisotopic (exact) mass is 393 g/mol. The first kappa shape index (κ1) is 18.7. The highest BCUT2D eigenvalue weighted by molar-refractivity contribution is 6.07. The zero-order chi connectivity index (χ0) is 20.4. The van der Waals surface area contributed by atoms with Crippen LogP contribution in [0.3, 0.4) is 0 Å². The van der Waals surface area contributed by atoms with Gasteiger partial charge in [-0.1, -0.05) is 30.3 Å². The van der Waals surface area contributed by atoms with Crippen molar-refractivity contribution in [1.82, 2.24) is 4.98 Å². The summed E-state index contributed by atoms with van der Waals surface area (Å²) < 4.78 is 27.6. The molecule has 5 nitrogen and oxygen atoms in total. The highest BCUT2D eigenvalue weighted by atomic mass is 19.1. The normalized spacial score (nSPS) is 13.0. The van der Waals surface area contributed by atoms with Gasteiger partial charge in [0.15, 0.2) is 0 Å². The number of amides is 2. The maximum Gasteiger partial charge on any atom is 0.276 e. The highest BCUT2D eigenvalue weighted by Gasteiger charge is 2.25. The number of aromatic nitrogens is 1. The highest BCUT2D eigenvalue weighted by Crippen LogP contribution is 2.28. The summed E-state index contributed by atoms with van der Waals surface area (Å²) in [6, 6.07) is 15.4. The molecule has 0 spiro atoms. The fourth-order valence-corrected chi connectivity index (χ4v) is 3.36. The fraction of sp³-hybridized carbons (Fsp3) is 0.136. The molecular formula is C22H17F2N3O2. The van der Waals surface area contributed by atoms with E-state index in [4.69, 9.17) is 0 Å². The molecule has 0 saturated heterocycles. The molecule has 4 rings (SSSR count). The third-order valence-electron chi connectivity index (χ3n) is 4.76. The molecule has 29 heavy (non-hydrogen) atoms. The molecule has 1 N–H and O–H groups in total. The van der Waals surface area contributed by atoms with Crippen molar-refractivity contribution in [2.75, 3.05) is 16.8 Å². The van der Waals surface area contributed by atoms with Crippen LogP contribution in [0.2, 0.25) is 0 Å². The van der Waals surface area contributed by atoms with Crippen LogP contribution in [0.25, 0.3) is 0 Å². The van der Waals surface area contributed by atoms with Crippen molar-refractivity contribution >= 4 is 23.2 Å². The average molecular weight is 393 g/mol. The number of hydrogen-bond acceptors (Lipinski definition) is 3. The van der Waals surface area contributed by atoms with Crippen LogP contribution in [0.4, 0.5) is 20.2 Å². The van der Waals surface area contributed by atoms with E-state index < -0.39 is 23.2 Å². The van der Waals surface area contributed by atoms with Crippen molar-refractivity contribution < 1.29 is 18.4 Å². The van der Waals surface area contributed by atoms with E-state index in [1.54, 1.807) is 4.90 Å². The van der Waals surface area contributed by atoms with E-state index in [0.717, 1.165) is 36.2 Å². The summed E-state index contributed by atoms with van der Waals surface area (Å²) in [5, 5.41) is 2.18. The third kappa shape index (κ3) is 3.71. The van der Waals surface area contributed by atoms with Crippen LogP contribution < -0.4 is 10.2 Å². The number of carbonyl (C=O) groups is 2. The molecule has 0 bridgehead atoms. The van der Waals surface area contributed by atoms with Crippen LogP contribution in [0.5, 0.6) is 0 Å². The minimum Gasteiger partial charge on any atom is -0.316 e. The lowest BCUT2D eigenvalue weighted by molar-refractivity contribution is 0.0980. The number of fused-ring (bicyclic) bond motifs is 1. The standard InChI is InChI=1S/C22H17F2N3O2/c23-15-8-3-9-16(24)20(15)26-21(28)17-10-4-11-18(25-17)22(29)27-13-5-7-14-6-1-2-12-19(14)27/h1-4,6,8-12H,5,7,13H2,(H,26,28). The Labute approximate surface area is 166 Å². The van der Waals surface area contributed by atoms with E-state index in [0.29, 0.717) is 6.54 Å². The largest absolute Gasteiger partial charge is 0.316 e. The Kier molecular flexibility index (Phi) is 5.03. The number of halogens is 2.